The highest BCUT2D eigenvalue weighted by Gasteiger charge is 2.13. The molecule has 0 saturated heterocycles. The number of nitrogens with one attached hydrogen (secondary N) is 1. The molecule has 80 valence electrons. The van der Waals surface area contributed by atoms with E-state index in [9.17, 15) is 0 Å². The fraction of sp³-hybridized carbons (Fsp3) is 0.778. The molecule has 4 nitrogen and oxygen atoms in total. The Kier molecular flexibility index (Phi) is 4.28. The number of aliphatic hydroxyl groups excluding tert-OH is 1. The van der Waals surface area contributed by atoms with Crippen molar-refractivity contribution in [3.8, 4) is 0 Å². The Morgan fingerprint density at radius 2 is 2.21 bits per heavy atom. The van der Waals surface area contributed by atoms with Crippen LogP contribution in [0, 0.1) is 5.92 Å². The Morgan fingerprint density at radius 1 is 1.50 bits per heavy atom. The van der Waals surface area contributed by atoms with Crippen molar-refractivity contribution in [3.63, 3.8) is 0 Å². The summed E-state index contributed by atoms with van der Waals surface area (Å²) in [6.07, 6.45) is 0.851. The molecule has 0 saturated carbocycles. The van der Waals surface area contributed by atoms with Crippen LogP contribution in [0.4, 0.5) is 5.13 Å². The molecular formula is C9H17N3OS. The molecule has 1 heterocycles. The summed E-state index contributed by atoms with van der Waals surface area (Å²) in [4.78, 5) is 4.28. The Bertz CT molecular complexity index is 275. The van der Waals surface area contributed by atoms with Crippen LogP contribution in [0.15, 0.2) is 0 Å². The maximum absolute atomic E-state index is 9.12. The summed E-state index contributed by atoms with van der Waals surface area (Å²) in [6.45, 7) is 6.28. The number of hydrogen-bond donors (Lipinski definition) is 2. The molecule has 0 amide bonds. The molecule has 0 spiro atoms. The monoisotopic (exact) mass is 215 g/mol. The van der Waals surface area contributed by atoms with Crippen LogP contribution < -0.4 is 5.32 Å². The van der Waals surface area contributed by atoms with Crippen molar-refractivity contribution >= 4 is 16.7 Å². The second-order valence-electron chi connectivity index (χ2n) is 3.55. The van der Waals surface area contributed by atoms with Gasteiger partial charge in [0, 0.05) is 18.0 Å². The number of aliphatic hydroxyl groups is 1. The summed E-state index contributed by atoms with van der Waals surface area (Å²) in [5.74, 6) is 1.24. The van der Waals surface area contributed by atoms with Crippen LogP contribution in [0.2, 0.25) is 0 Å². The zero-order valence-electron chi connectivity index (χ0n) is 8.82. The van der Waals surface area contributed by atoms with Gasteiger partial charge in [-0.15, -0.1) is 0 Å². The fourth-order valence-corrected chi connectivity index (χ4v) is 1.75. The van der Waals surface area contributed by atoms with Gasteiger partial charge in [0.15, 0.2) is 0 Å². The highest BCUT2D eigenvalue weighted by atomic mass is 32.1. The van der Waals surface area contributed by atoms with Gasteiger partial charge in [0.25, 0.3) is 0 Å². The third kappa shape index (κ3) is 2.92. The van der Waals surface area contributed by atoms with Gasteiger partial charge in [0.2, 0.25) is 5.13 Å². The Morgan fingerprint density at radius 3 is 2.64 bits per heavy atom. The van der Waals surface area contributed by atoms with Crippen molar-refractivity contribution in [1.29, 1.82) is 0 Å². The van der Waals surface area contributed by atoms with Crippen LogP contribution in [-0.2, 0) is 6.42 Å². The van der Waals surface area contributed by atoms with Crippen molar-refractivity contribution in [2.24, 2.45) is 5.92 Å². The Balaban J connectivity index is 2.57. The third-order valence-corrected chi connectivity index (χ3v) is 2.78. The lowest BCUT2D eigenvalue weighted by Crippen LogP contribution is -2.29. The molecule has 1 aromatic rings. The van der Waals surface area contributed by atoms with Crippen LogP contribution in [0.25, 0.3) is 0 Å². The summed E-state index contributed by atoms with van der Waals surface area (Å²) < 4.78 is 4.17. The molecule has 0 unspecified atom stereocenters. The summed E-state index contributed by atoms with van der Waals surface area (Å²) in [7, 11) is 0. The van der Waals surface area contributed by atoms with E-state index in [0.717, 1.165) is 17.4 Å². The molecule has 0 radical (unpaired) electrons. The van der Waals surface area contributed by atoms with E-state index in [-0.39, 0.29) is 12.6 Å². The number of hydrogen-bond acceptors (Lipinski definition) is 5. The average Bonchev–Trinajstić information content (AvgIpc) is 2.61. The maximum atomic E-state index is 9.12. The Labute approximate surface area is 88.6 Å². The minimum Gasteiger partial charge on any atom is -0.394 e. The minimum absolute atomic E-state index is 0.0626. The summed E-state index contributed by atoms with van der Waals surface area (Å²) >= 11 is 1.35. The zero-order valence-corrected chi connectivity index (χ0v) is 9.64. The van der Waals surface area contributed by atoms with Gasteiger partial charge in [0.05, 0.1) is 12.6 Å². The first-order valence-electron chi connectivity index (χ1n) is 4.87. The summed E-state index contributed by atoms with van der Waals surface area (Å²) in [5, 5.41) is 13.1. The van der Waals surface area contributed by atoms with Gasteiger partial charge in [-0.2, -0.15) is 4.37 Å². The lowest BCUT2D eigenvalue weighted by atomic mass is 10.1. The highest BCUT2D eigenvalue weighted by molar-refractivity contribution is 7.09. The number of anilines is 1. The molecule has 1 atom stereocenters. The normalized spacial score (nSPS) is 13.2. The van der Waals surface area contributed by atoms with Crippen molar-refractivity contribution in [1.82, 2.24) is 9.36 Å². The van der Waals surface area contributed by atoms with E-state index in [1.165, 1.54) is 11.5 Å². The van der Waals surface area contributed by atoms with Crippen LogP contribution in [0.5, 0.6) is 0 Å². The topological polar surface area (TPSA) is 58.0 Å². The first-order valence-corrected chi connectivity index (χ1v) is 5.64. The lowest BCUT2D eigenvalue weighted by molar-refractivity contribution is 0.249. The van der Waals surface area contributed by atoms with E-state index in [1.54, 1.807) is 0 Å². The number of rotatable bonds is 5. The van der Waals surface area contributed by atoms with E-state index in [0.29, 0.717) is 5.92 Å². The fourth-order valence-electron chi connectivity index (χ4n) is 1.04. The Hall–Kier alpha value is -0.680. The minimum atomic E-state index is 0.0626. The van der Waals surface area contributed by atoms with E-state index < -0.39 is 0 Å². The molecule has 0 aliphatic rings. The standard InChI is InChI=1S/C9H17N3OS/c1-4-8-11-9(14-12-8)10-7(5-13)6(2)3/h6-7,13H,4-5H2,1-3H3,(H,10,11,12)/t7-/m1/s1. The second-order valence-corrected chi connectivity index (χ2v) is 4.30. The summed E-state index contributed by atoms with van der Waals surface area (Å²) in [5.41, 5.74) is 0. The molecule has 1 aromatic heterocycles. The molecule has 5 heteroatoms. The molecule has 2 N–H and O–H groups in total. The van der Waals surface area contributed by atoms with E-state index in [2.05, 4.69) is 28.5 Å². The molecule has 0 fully saturated rings. The van der Waals surface area contributed by atoms with Crippen molar-refractivity contribution in [3.05, 3.63) is 5.82 Å². The molecule has 0 bridgehead atoms. The van der Waals surface area contributed by atoms with Crippen LogP contribution >= 0.6 is 11.5 Å². The zero-order chi connectivity index (χ0) is 10.6. The summed E-state index contributed by atoms with van der Waals surface area (Å²) in [6, 6.07) is 0.0626. The van der Waals surface area contributed by atoms with Gasteiger partial charge in [0.1, 0.15) is 5.82 Å². The third-order valence-electron chi connectivity index (χ3n) is 2.09. The van der Waals surface area contributed by atoms with Crippen LogP contribution in [0.3, 0.4) is 0 Å². The molecule has 14 heavy (non-hydrogen) atoms. The lowest BCUT2D eigenvalue weighted by Gasteiger charge is -2.18. The molecule has 1 rings (SSSR count). The van der Waals surface area contributed by atoms with Gasteiger partial charge in [-0.25, -0.2) is 4.98 Å². The van der Waals surface area contributed by atoms with Crippen LogP contribution in [-0.4, -0.2) is 27.1 Å². The van der Waals surface area contributed by atoms with E-state index in [4.69, 9.17) is 5.11 Å². The number of nitrogens with zero attached hydrogens (tertiary/aromatic N) is 2. The number of aromatic nitrogens is 2. The number of aryl methyl sites for hydroxylation is 1. The van der Waals surface area contributed by atoms with Gasteiger partial charge < -0.3 is 10.4 Å². The second kappa shape index (κ2) is 5.26. The van der Waals surface area contributed by atoms with Crippen molar-refractivity contribution < 1.29 is 5.11 Å². The molecule has 0 aliphatic carbocycles. The quantitative estimate of drug-likeness (QED) is 0.782. The molecule has 0 aromatic carbocycles. The predicted molar refractivity (Wildman–Crippen MR) is 58.6 cm³/mol. The maximum Gasteiger partial charge on any atom is 0.202 e. The van der Waals surface area contributed by atoms with Gasteiger partial charge in [-0.3, -0.25) is 0 Å². The van der Waals surface area contributed by atoms with E-state index >= 15 is 0 Å². The smallest absolute Gasteiger partial charge is 0.202 e. The first kappa shape index (κ1) is 11.4. The molecule has 0 aliphatic heterocycles. The highest BCUT2D eigenvalue weighted by Crippen LogP contribution is 2.15. The van der Waals surface area contributed by atoms with Gasteiger partial charge in [-0.1, -0.05) is 20.8 Å². The van der Waals surface area contributed by atoms with Gasteiger partial charge in [-0.05, 0) is 5.92 Å². The van der Waals surface area contributed by atoms with Crippen molar-refractivity contribution in [2.75, 3.05) is 11.9 Å². The van der Waals surface area contributed by atoms with Gasteiger partial charge >= 0.3 is 0 Å². The largest absolute Gasteiger partial charge is 0.394 e. The van der Waals surface area contributed by atoms with E-state index in [1.807, 2.05) is 6.92 Å². The average molecular weight is 215 g/mol. The first-order chi connectivity index (χ1) is 6.67. The SMILES string of the molecule is CCc1nsc(N[C@H](CO)C(C)C)n1. The molecular weight excluding hydrogens is 198 g/mol. The van der Waals surface area contributed by atoms with Crippen LogP contribution in [0.1, 0.15) is 26.6 Å². The predicted octanol–water partition coefficient (Wildman–Crippen LogP) is 1.53. The van der Waals surface area contributed by atoms with Crippen molar-refractivity contribution in [2.45, 2.75) is 33.2 Å².